The average Bonchev–Trinajstić information content (AvgIpc) is 2.86. The third-order valence-corrected chi connectivity index (χ3v) is 6.73. The van der Waals surface area contributed by atoms with Crippen LogP contribution >= 0.6 is 33.9 Å². The molecule has 0 spiro atoms. The molecule has 112 valence electrons. The second kappa shape index (κ2) is 7.07. The number of fused-ring (bicyclic) bond motifs is 1. The molecule has 2 aliphatic rings. The minimum Gasteiger partial charge on any atom is -0.308 e. The van der Waals surface area contributed by atoms with Gasteiger partial charge in [-0.25, -0.2) is 0 Å². The topological polar surface area (TPSA) is 15.3 Å². The van der Waals surface area contributed by atoms with Crippen molar-refractivity contribution in [2.45, 2.75) is 57.5 Å². The largest absolute Gasteiger partial charge is 0.308 e. The van der Waals surface area contributed by atoms with Crippen molar-refractivity contribution in [3.05, 3.63) is 19.4 Å². The molecule has 3 rings (SSSR count). The number of halogens is 1. The Morgan fingerprint density at radius 3 is 2.95 bits per heavy atom. The van der Waals surface area contributed by atoms with Gasteiger partial charge in [0.25, 0.3) is 0 Å². The van der Waals surface area contributed by atoms with Crippen molar-refractivity contribution in [2.24, 2.45) is 0 Å². The highest BCUT2D eigenvalue weighted by Gasteiger charge is 2.24. The number of rotatable bonds is 4. The van der Waals surface area contributed by atoms with Gasteiger partial charge in [-0.3, -0.25) is 4.90 Å². The number of hydrogen-bond donors (Lipinski definition) is 1. The molecule has 1 aliphatic heterocycles. The molecule has 1 saturated heterocycles. The molecule has 0 radical (unpaired) electrons. The predicted molar refractivity (Wildman–Crippen MR) is 95.6 cm³/mol. The maximum absolute atomic E-state index is 3.85. The van der Waals surface area contributed by atoms with Gasteiger partial charge in [0, 0.05) is 23.5 Å². The number of aryl methyl sites for hydroxylation is 1. The van der Waals surface area contributed by atoms with E-state index < -0.39 is 0 Å². The molecule has 20 heavy (non-hydrogen) atoms. The molecule has 0 bridgehead atoms. The molecule has 1 aromatic heterocycles. The van der Waals surface area contributed by atoms with E-state index in [0.717, 1.165) is 6.54 Å². The zero-order valence-electron chi connectivity index (χ0n) is 12.3. The molecule has 0 saturated carbocycles. The molecule has 4 heteroatoms. The fraction of sp³-hybridized carbons (Fsp3) is 0.750. The van der Waals surface area contributed by atoms with Crippen molar-refractivity contribution in [1.82, 2.24) is 10.2 Å². The van der Waals surface area contributed by atoms with Crippen LogP contribution in [0.25, 0.3) is 0 Å². The Balaban J connectivity index is 1.56. The van der Waals surface area contributed by atoms with Crippen molar-refractivity contribution in [1.29, 1.82) is 0 Å². The maximum Gasteiger partial charge on any atom is 0.0659 e. The summed E-state index contributed by atoms with van der Waals surface area (Å²) in [5, 5.41) is 3.85. The van der Waals surface area contributed by atoms with Crippen molar-refractivity contribution < 1.29 is 0 Å². The number of nitrogens with one attached hydrogen (secondary N) is 1. The van der Waals surface area contributed by atoms with Crippen molar-refractivity contribution in [2.75, 3.05) is 19.6 Å². The summed E-state index contributed by atoms with van der Waals surface area (Å²) in [5.41, 5.74) is 1.59. The Bertz CT molecular complexity index is 440. The highest BCUT2D eigenvalue weighted by molar-refractivity contribution is 14.1. The fourth-order valence-corrected chi connectivity index (χ4v) is 5.65. The summed E-state index contributed by atoms with van der Waals surface area (Å²) in [4.78, 5) is 4.29. The van der Waals surface area contributed by atoms with Crippen LogP contribution in [0.15, 0.2) is 6.07 Å². The smallest absolute Gasteiger partial charge is 0.0659 e. The van der Waals surface area contributed by atoms with Gasteiger partial charge in [0.2, 0.25) is 0 Å². The highest BCUT2D eigenvalue weighted by atomic mass is 127. The number of nitrogens with zero attached hydrogens (tertiary/aromatic N) is 1. The van der Waals surface area contributed by atoms with Gasteiger partial charge >= 0.3 is 0 Å². The monoisotopic (exact) mass is 404 g/mol. The first-order valence-electron chi connectivity index (χ1n) is 7.99. The molecule has 1 aliphatic carbocycles. The molecule has 0 amide bonds. The highest BCUT2D eigenvalue weighted by Crippen LogP contribution is 2.36. The van der Waals surface area contributed by atoms with Crippen LogP contribution in [0.4, 0.5) is 0 Å². The Kier molecular flexibility index (Phi) is 5.39. The SMILES string of the molecule is CC(CNC1CCCc2sc(I)cc21)N1CCCCC1. The van der Waals surface area contributed by atoms with E-state index in [1.54, 1.807) is 10.4 Å². The van der Waals surface area contributed by atoms with Gasteiger partial charge in [0.15, 0.2) is 0 Å². The van der Waals surface area contributed by atoms with E-state index in [1.165, 1.54) is 54.5 Å². The van der Waals surface area contributed by atoms with Crippen LogP contribution in [0.5, 0.6) is 0 Å². The first-order chi connectivity index (χ1) is 9.74. The summed E-state index contributed by atoms with van der Waals surface area (Å²) in [6.07, 6.45) is 8.16. The number of hydrogen-bond acceptors (Lipinski definition) is 3. The maximum atomic E-state index is 3.85. The van der Waals surface area contributed by atoms with Gasteiger partial charge in [0.05, 0.1) is 2.88 Å². The first-order valence-corrected chi connectivity index (χ1v) is 9.89. The molecule has 1 fully saturated rings. The molecule has 2 nitrogen and oxygen atoms in total. The normalized spacial score (nSPS) is 25.4. The average molecular weight is 404 g/mol. The Morgan fingerprint density at radius 1 is 1.35 bits per heavy atom. The van der Waals surface area contributed by atoms with Crippen LogP contribution in [0.1, 0.15) is 55.5 Å². The quantitative estimate of drug-likeness (QED) is 0.757. The van der Waals surface area contributed by atoms with Gasteiger partial charge in [-0.15, -0.1) is 11.3 Å². The summed E-state index contributed by atoms with van der Waals surface area (Å²) in [7, 11) is 0. The summed E-state index contributed by atoms with van der Waals surface area (Å²) in [6, 6.07) is 3.69. The number of piperidine rings is 1. The lowest BCUT2D eigenvalue weighted by molar-refractivity contribution is 0.167. The fourth-order valence-electron chi connectivity index (χ4n) is 3.53. The summed E-state index contributed by atoms with van der Waals surface area (Å²) < 4.78 is 1.45. The van der Waals surface area contributed by atoms with E-state index in [1.807, 2.05) is 11.3 Å². The van der Waals surface area contributed by atoms with E-state index in [-0.39, 0.29) is 0 Å². The van der Waals surface area contributed by atoms with Crippen LogP contribution < -0.4 is 5.32 Å². The number of thiophene rings is 1. The zero-order valence-corrected chi connectivity index (χ0v) is 15.3. The lowest BCUT2D eigenvalue weighted by Gasteiger charge is -2.34. The predicted octanol–water partition coefficient (Wildman–Crippen LogP) is 4.19. The second-order valence-corrected chi connectivity index (χ2v) is 9.26. The van der Waals surface area contributed by atoms with Crippen LogP contribution in [0.3, 0.4) is 0 Å². The first kappa shape index (κ1) is 15.3. The van der Waals surface area contributed by atoms with E-state index in [0.29, 0.717) is 12.1 Å². The van der Waals surface area contributed by atoms with Gasteiger partial charge in [-0.1, -0.05) is 6.42 Å². The standard InChI is InChI=1S/C16H25IN2S/c1-12(19-8-3-2-4-9-19)11-18-14-6-5-7-15-13(14)10-16(17)20-15/h10,12,14,18H,2-9,11H2,1H3. The summed E-state index contributed by atoms with van der Waals surface area (Å²) in [5.74, 6) is 0. The van der Waals surface area contributed by atoms with Crippen molar-refractivity contribution >= 4 is 33.9 Å². The molecule has 1 aromatic rings. The molecular formula is C16H25IN2S. The lowest BCUT2D eigenvalue weighted by Crippen LogP contribution is -2.44. The lowest BCUT2D eigenvalue weighted by atomic mass is 9.94. The van der Waals surface area contributed by atoms with Crippen molar-refractivity contribution in [3.63, 3.8) is 0 Å². The third kappa shape index (κ3) is 3.57. The minimum atomic E-state index is 0.603. The third-order valence-electron chi connectivity index (χ3n) is 4.76. The number of likely N-dealkylation sites (tertiary alicyclic amines) is 1. The van der Waals surface area contributed by atoms with Gasteiger partial charge in [-0.05, 0) is 86.3 Å². The summed E-state index contributed by atoms with van der Waals surface area (Å²) >= 11 is 4.46. The second-order valence-electron chi connectivity index (χ2n) is 6.23. The zero-order chi connectivity index (χ0) is 13.9. The molecule has 2 atom stereocenters. The summed E-state index contributed by atoms with van der Waals surface area (Å²) in [6.45, 7) is 6.13. The Hall–Kier alpha value is 0.350. The van der Waals surface area contributed by atoms with Crippen LogP contribution in [0.2, 0.25) is 0 Å². The Morgan fingerprint density at radius 2 is 2.15 bits per heavy atom. The van der Waals surface area contributed by atoms with Gasteiger partial charge in [-0.2, -0.15) is 0 Å². The molecule has 2 heterocycles. The van der Waals surface area contributed by atoms with Crippen LogP contribution in [-0.4, -0.2) is 30.6 Å². The van der Waals surface area contributed by atoms with Crippen LogP contribution in [0, 0.1) is 2.88 Å². The van der Waals surface area contributed by atoms with E-state index in [2.05, 4.69) is 45.8 Å². The molecule has 0 aromatic carbocycles. The van der Waals surface area contributed by atoms with Crippen molar-refractivity contribution in [3.8, 4) is 0 Å². The minimum absolute atomic E-state index is 0.603. The molecular weight excluding hydrogens is 379 g/mol. The molecule has 1 N–H and O–H groups in total. The van der Waals surface area contributed by atoms with E-state index in [9.17, 15) is 0 Å². The van der Waals surface area contributed by atoms with E-state index in [4.69, 9.17) is 0 Å². The van der Waals surface area contributed by atoms with Gasteiger partial charge in [0.1, 0.15) is 0 Å². The molecule has 2 unspecified atom stereocenters. The van der Waals surface area contributed by atoms with Gasteiger partial charge < -0.3 is 5.32 Å². The van der Waals surface area contributed by atoms with Crippen LogP contribution in [-0.2, 0) is 6.42 Å². The van der Waals surface area contributed by atoms with E-state index >= 15 is 0 Å². The Labute approximate surface area is 140 Å².